The number of hydrogen-bond acceptors (Lipinski definition) is 5. The minimum atomic E-state index is -0.992. The summed E-state index contributed by atoms with van der Waals surface area (Å²) >= 11 is 5.67. The van der Waals surface area contributed by atoms with Crippen molar-refractivity contribution in [2.45, 2.75) is 51.3 Å². The molecule has 1 saturated carbocycles. The Kier molecular flexibility index (Phi) is 9.57. The van der Waals surface area contributed by atoms with Crippen LogP contribution in [0.25, 0.3) is 0 Å². The number of carbonyl (C=O) groups is 1. The Bertz CT molecular complexity index is 1360. The number of piperidine rings is 1. The molecule has 0 amide bonds. The number of rotatable bonds is 12. The predicted molar refractivity (Wildman–Crippen MR) is 174 cm³/mol. The van der Waals surface area contributed by atoms with Crippen molar-refractivity contribution in [3.05, 3.63) is 95.6 Å². The lowest BCUT2D eigenvalue weighted by Crippen LogP contribution is -2.45. The lowest BCUT2D eigenvalue weighted by molar-refractivity contribution is -0.145. The molecule has 43 heavy (non-hydrogen) atoms. The molecular weight excluding hydrogens is 558 g/mol. The molecule has 0 radical (unpaired) electrons. The van der Waals surface area contributed by atoms with Crippen LogP contribution in [0.4, 0.5) is 0 Å². The van der Waals surface area contributed by atoms with E-state index in [1.807, 2.05) is 55.6 Å². The van der Waals surface area contributed by atoms with Gasteiger partial charge < -0.3 is 24.8 Å². The van der Waals surface area contributed by atoms with Gasteiger partial charge in [0.15, 0.2) is 11.2 Å². The van der Waals surface area contributed by atoms with Gasteiger partial charge in [0, 0.05) is 39.1 Å². The lowest BCUT2D eigenvalue weighted by atomic mass is 9.87. The number of nitrogens with one attached hydrogen (secondary N) is 1. The molecule has 2 unspecified atom stereocenters. The van der Waals surface area contributed by atoms with Crippen LogP contribution in [0, 0.1) is 11.8 Å². The average Bonchev–Trinajstić information content (AvgIpc) is 3.47. The highest BCUT2D eigenvalue weighted by molar-refractivity contribution is 7.80. The summed E-state index contributed by atoms with van der Waals surface area (Å²) in [5, 5.41) is 13.7. The van der Waals surface area contributed by atoms with Crippen molar-refractivity contribution >= 4 is 23.3 Å². The number of likely N-dealkylation sites (tertiary alicyclic amines) is 1. The zero-order valence-corrected chi connectivity index (χ0v) is 26.3. The van der Waals surface area contributed by atoms with Gasteiger partial charge in [0.1, 0.15) is 18.1 Å². The highest BCUT2D eigenvalue weighted by Crippen LogP contribution is 2.49. The van der Waals surface area contributed by atoms with Crippen LogP contribution in [0.2, 0.25) is 0 Å². The summed E-state index contributed by atoms with van der Waals surface area (Å²) < 4.78 is 11.9. The van der Waals surface area contributed by atoms with Crippen LogP contribution in [0.1, 0.15) is 37.5 Å². The van der Waals surface area contributed by atoms with Gasteiger partial charge in [0.25, 0.3) is 0 Å². The van der Waals surface area contributed by atoms with Crippen molar-refractivity contribution in [1.29, 1.82) is 0 Å². The molecule has 0 aromatic heterocycles. The fourth-order valence-corrected chi connectivity index (χ4v) is 6.33. The van der Waals surface area contributed by atoms with Gasteiger partial charge >= 0.3 is 5.97 Å². The predicted octanol–water partition coefficient (Wildman–Crippen LogP) is 5.37. The molecule has 1 heterocycles. The molecule has 4 atom stereocenters. The van der Waals surface area contributed by atoms with Crippen molar-refractivity contribution < 1.29 is 19.4 Å². The first-order valence-corrected chi connectivity index (χ1v) is 15.5. The maximum absolute atomic E-state index is 11.9. The van der Waals surface area contributed by atoms with Gasteiger partial charge in [-0.05, 0) is 70.4 Å². The molecule has 1 saturated heterocycles. The minimum absolute atomic E-state index is 0.0210. The number of fused-ring (bicyclic) bond motifs is 1. The van der Waals surface area contributed by atoms with E-state index in [0.29, 0.717) is 36.8 Å². The van der Waals surface area contributed by atoms with Crippen molar-refractivity contribution in [1.82, 2.24) is 15.1 Å². The lowest BCUT2D eigenvalue weighted by Gasteiger charge is -2.29. The topological polar surface area (TPSA) is 74.3 Å². The molecular formula is C35H43N3O4S. The van der Waals surface area contributed by atoms with Gasteiger partial charge in [-0.3, -0.25) is 4.90 Å². The van der Waals surface area contributed by atoms with E-state index in [9.17, 15) is 9.90 Å². The standard InChI is InChI=1S/C35H43N3O4S/c1-35(2,3)26-12-16-28(17-13-26)42-31(33(39)40)20-24-10-14-27(15-11-24)41-19-18-38(34(43)36-4)32-29-22-37(23-30(29)32)21-25-8-6-5-7-9-25/h5-17,29-32H,18-23H2,1-4H3,(H,36,43)(H,39,40)/t29-,30?,31+,32?/m1/s1. The number of hydrogen-bond donors (Lipinski definition) is 2. The maximum Gasteiger partial charge on any atom is 0.345 e. The molecule has 2 N–H and O–H groups in total. The number of thiocarbonyl (C=S) groups is 1. The molecule has 2 fully saturated rings. The number of aliphatic carboxylic acids is 1. The summed E-state index contributed by atoms with van der Waals surface area (Å²) in [6, 6.07) is 26.3. The Morgan fingerprint density at radius 3 is 2.19 bits per heavy atom. The smallest absolute Gasteiger partial charge is 0.345 e. The fraction of sp³-hybridized carbons (Fsp3) is 0.429. The van der Waals surface area contributed by atoms with Gasteiger partial charge in [-0.25, -0.2) is 4.79 Å². The van der Waals surface area contributed by atoms with Crippen LogP contribution in [-0.2, 0) is 23.2 Å². The first-order valence-electron chi connectivity index (χ1n) is 15.1. The van der Waals surface area contributed by atoms with Crippen LogP contribution in [-0.4, -0.2) is 71.4 Å². The summed E-state index contributed by atoms with van der Waals surface area (Å²) in [5.41, 5.74) is 3.42. The Balaban J connectivity index is 1.10. The molecule has 0 bridgehead atoms. The number of ether oxygens (including phenoxy) is 2. The number of carboxylic acid groups (broad SMARTS) is 1. The Labute approximate surface area is 260 Å². The Hall–Kier alpha value is -3.62. The van der Waals surface area contributed by atoms with Crippen molar-refractivity contribution in [3.8, 4) is 11.5 Å². The highest BCUT2D eigenvalue weighted by Gasteiger charge is 2.58. The van der Waals surface area contributed by atoms with Gasteiger partial charge in [-0.2, -0.15) is 0 Å². The van der Waals surface area contributed by atoms with Gasteiger partial charge in [-0.15, -0.1) is 0 Å². The van der Waals surface area contributed by atoms with Crippen LogP contribution in [0.15, 0.2) is 78.9 Å². The first-order chi connectivity index (χ1) is 20.6. The van der Waals surface area contributed by atoms with E-state index in [1.54, 1.807) is 0 Å². The van der Waals surface area contributed by atoms with Crippen molar-refractivity contribution in [2.75, 3.05) is 33.3 Å². The molecule has 8 heteroatoms. The van der Waals surface area contributed by atoms with Crippen LogP contribution >= 0.6 is 12.2 Å². The summed E-state index contributed by atoms with van der Waals surface area (Å²) in [7, 11) is 1.88. The third-order valence-corrected chi connectivity index (χ3v) is 8.97. The fourth-order valence-electron chi connectivity index (χ4n) is 6.12. The highest BCUT2D eigenvalue weighted by atomic mass is 32.1. The SMILES string of the molecule is CNC(=S)N(CCOc1ccc(C[C@H](Oc2ccc(C(C)(C)C)cc2)C(=O)O)cc1)C1C2CN(Cc3ccccc3)C[C@H]21. The molecule has 5 rings (SSSR count). The maximum atomic E-state index is 11.9. The molecule has 3 aromatic carbocycles. The third-order valence-electron chi connectivity index (χ3n) is 8.53. The molecule has 228 valence electrons. The average molecular weight is 602 g/mol. The zero-order valence-electron chi connectivity index (χ0n) is 25.5. The monoisotopic (exact) mass is 601 g/mol. The largest absolute Gasteiger partial charge is 0.492 e. The van der Waals surface area contributed by atoms with E-state index in [4.69, 9.17) is 21.7 Å². The quantitative estimate of drug-likeness (QED) is 0.269. The Morgan fingerprint density at radius 1 is 0.977 bits per heavy atom. The van der Waals surface area contributed by atoms with E-state index >= 15 is 0 Å². The number of carboxylic acids is 1. The Morgan fingerprint density at radius 2 is 1.60 bits per heavy atom. The van der Waals surface area contributed by atoms with E-state index in [-0.39, 0.29) is 11.8 Å². The second-order valence-corrected chi connectivity index (χ2v) is 13.0. The molecule has 1 aliphatic heterocycles. The van der Waals surface area contributed by atoms with Crippen LogP contribution in [0.3, 0.4) is 0 Å². The van der Waals surface area contributed by atoms with E-state index < -0.39 is 12.1 Å². The third kappa shape index (κ3) is 7.86. The number of nitrogens with zero attached hydrogens (tertiary/aromatic N) is 2. The number of benzene rings is 3. The van der Waals surface area contributed by atoms with E-state index in [1.165, 1.54) is 11.1 Å². The van der Waals surface area contributed by atoms with Crippen LogP contribution < -0.4 is 14.8 Å². The normalized spacial score (nSPS) is 20.1. The minimum Gasteiger partial charge on any atom is -0.492 e. The van der Waals surface area contributed by atoms with Crippen molar-refractivity contribution in [2.24, 2.45) is 11.8 Å². The second kappa shape index (κ2) is 13.3. The molecule has 7 nitrogen and oxygen atoms in total. The molecule has 0 spiro atoms. The summed E-state index contributed by atoms with van der Waals surface area (Å²) in [4.78, 5) is 16.8. The van der Waals surface area contributed by atoms with Crippen molar-refractivity contribution in [3.63, 3.8) is 0 Å². The summed E-state index contributed by atoms with van der Waals surface area (Å²) in [6.07, 6.45) is -0.725. The molecule has 1 aliphatic carbocycles. The molecule has 2 aliphatic rings. The van der Waals surface area contributed by atoms with E-state index in [0.717, 1.165) is 36.1 Å². The van der Waals surface area contributed by atoms with E-state index in [2.05, 4.69) is 66.2 Å². The first kappa shape index (κ1) is 30.8. The summed E-state index contributed by atoms with van der Waals surface area (Å²) in [5.74, 6) is 1.57. The van der Waals surface area contributed by atoms with Gasteiger partial charge in [0.05, 0.1) is 6.54 Å². The zero-order chi connectivity index (χ0) is 30.6. The van der Waals surface area contributed by atoms with Gasteiger partial charge in [-0.1, -0.05) is 75.4 Å². The molecule has 3 aromatic rings. The summed E-state index contributed by atoms with van der Waals surface area (Å²) in [6.45, 7) is 10.8. The second-order valence-electron chi connectivity index (χ2n) is 12.7. The van der Waals surface area contributed by atoms with Gasteiger partial charge in [0.2, 0.25) is 0 Å². The van der Waals surface area contributed by atoms with Crippen LogP contribution in [0.5, 0.6) is 11.5 Å².